The van der Waals surface area contributed by atoms with Gasteiger partial charge in [0.25, 0.3) is 5.56 Å². The summed E-state index contributed by atoms with van der Waals surface area (Å²) in [5.74, 6) is -1.04. The van der Waals surface area contributed by atoms with Crippen molar-refractivity contribution in [2.75, 3.05) is 0 Å². The van der Waals surface area contributed by atoms with Crippen LogP contribution in [0.25, 0.3) is 5.69 Å². The van der Waals surface area contributed by atoms with Crippen LogP contribution in [0.2, 0.25) is 0 Å². The largest absolute Gasteiger partial charge is 0.478 e. The van der Waals surface area contributed by atoms with Crippen molar-refractivity contribution in [1.82, 2.24) is 9.55 Å². The molecule has 0 saturated carbocycles. The minimum atomic E-state index is -1.04. The van der Waals surface area contributed by atoms with Gasteiger partial charge in [-0.3, -0.25) is 14.3 Å². The molecule has 2 heterocycles. The van der Waals surface area contributed by atoms with Crippen molar-refractivity contribution in [3.63, 3.8) is 0 Å². The first-order valence-corrected chi connectivity index (χ1v) is 5.81. The quantitative estimate of drug-likeness (QED) is 0.892. The van der Waals surface area contributed by atoms with Gasteiger partial charge in [0.05, 0.1) is 17.4 Å². The Morgan fingerprint density at radius 3 is 2.53 bits per heavy atom. The van der Waals surface area contributed by atoms with Gasteiger partial charge in [-0.15, -0.1) is 0 Å². The van der Waals surface area contributed by atoms with Gasteiger partial charge < -0.3 is 5.11 Å². The summed E-state index contributed by atoms with van der Waals surface area (Å²) < 4.78 is 1.39. The Balaban J connectivity index is 2.86. The Morgan fingerprint density at radius 2 is 1.95 bits per heavy atom. The summed E-state index contributed by atoms with van der Waals surface area (Å²) in [6.45, 7) is 5.10. The average molecular weight is 258 g/mol. The molecule has 1 N–H and O–H groups in total. The SMILES string of the molecule is Cc1ccncc1-n1c(C)c(C(=O)O)c(C)cc1=O. The third kappa shape index (κ3) is 2.14. The molecule has 0 unspecified atom stereocenters. The summed E-state index contributed by atoms with van der Waals surface area (Å²) in [6, 6.07) is 3.12. The van der Waals surface area contributed by atoms with E-state index in [1.54, 1.807) is 32.3 Å². The fraction of sp³-hybridized carbons (Fsp3) is 0.214. The Labute approximate surface area is 110 Å². The molecule has 98 valence electrons. The minimum absolute atomic E-state index is 0.155. The molecule has 0 aliphatic rings. The second-order valence-electron chi connectivity index (χ2n) is 4.43. The average Bonchev–Trinajstić information content (AvgIpc) is 2.30. The summed E-state index contributed by atoms with van der Waals surface area (Å²) in [5.41, 5.74) is 2.24. The Kier molecular flexibility index (Phi) is 3.21. The van der Waals surface area contributed by atoms with Crippen molar-refractivity contribution in [3.8, 4) is 5.69 Å². The van der Waals surface area contributed by atoms with Crippen LogP contribution in [0.5, 0.6) is 0 Å². The lowest BCUT2D eigenvalue weighted by molar-refractivity contribution is 0.0694. The maximum atomic E-state index is 12.1. The molecule has 0 aromatic carbocycles. The van der Waals surface area contributed by atoms with E-state index < -0.39 is 5.97 Å². The third-order valence-corrected chi connectivity index (χ3v) is 3.12. The molecule has 0 aliphatic heterocycles. The van der Waals surface area contributed by atoms with Gasteiger partial charge >= 0.3 is 5.97 Å². The number of carboxylic acid groups (broad SMARTS) is 1. The topological polar surface area (TPSA) is 72.2 Å². The maximum absolute atomic E-state index is 12.1. The van der Waals surface area contributed by atoms with E-state index >= 15 is 0 Å². The molecule has 0 spiro atoms. The number of rotatable bonds is 2. The standard InChI is InChI=1S/C14H14N2O3/c1-8-4-5-15-7-11(8)16-10(3)13(14(18)19)9(2)6-12(16)17/h4-7H,1-3H3,(H,18,19). The molecule has 0 amide bonds. The molecule has 2 aromatic heterocycles. The minimum Gasteiger partial charge on any atom is -0.478 e. The highest BCUT2D eigenvalue weighted by Gasteiger charge is 2.17. The predicted octanol–water partition coefficient (Wildman–Crippen LogP) is 1.86. The highest BCUT2D eigenvalue weighted by Crippen LogP contribution is 2.17. The molecule has 0 saturated heterocycles. The molecule has 0 atom stereocenters. The molecule has 19 heavy (non-hydrogen) atoms. The Bertz CT molecular complexity index is 717. The van der Waals surface area contributed by atoms with E-state index in [2.05, 4.69) is 4.98 Å². The van der Waals surface area contributed by atoms with Gasteiger partial charge in [0.1, 0.15) is 0 Å². The smallest absolute Gasteiger partial charge is 0.337 e. The lowest BCUT2D eigenvalue weighted by Gasteiger charge is -2.15. The molecule has 0 radical (unpaired) electrons. The van der Waals surface area contributed by atoms with E-state index in [0.29, 0.717) is 16.9 Å². The first kappa shape index (κ1) is 13.0. The van der Waals surface area contributed by atoms with Crippen LogP contribution in [0, 0.1) is 20.8 Å². The van der Waals surface area contributed by atoms with Crippen LogP contribution in [-0.4, -0.2) is 20.6 Å². The maximum Gasteiger partial charge on any atom is 0.337 e. The zero-order valence-corrected chi connectivity index (χ0v) is 11.0. The molecule has 5 heteroatoms. The Morgan fingerprint density at radius 1 is 1.26 bits per heavy atom. The van der Waals surface area contributed by atoms with Crippen LogP contribution in [0.4, 0.5) is 0 Å². The Hall–Kier alpha value is -2.43. The number of aromatic carboxylic acids is 1. The van der Waals surface area contributed by atoms with Crippen LogP contribution < -0.4 is 5.56 Å². The second-order valence-corrected chi connectivity index (χ2v) is 4.43. The van der Waals surface area contributed by atoms with Crippen LogP contribution >= 0.6 is 0 Å². The first-order valence-electron chi connectivity index (χ1n) is 5.81. The molecule has 5 nitrogen and oxygen atoms in total. The number of hydrogen-bond donors (Lipinski definition) is 1. The van der Waals surface area contributed by atoms with Gasteiger partial charge in [-0.05, 0) is 38.0 Å². The number of carboxylic acids is 1. The van der Waals surface area contributed by atoms with Crippen LogP contribution in [0.1, 0.15) is 27.2 Å². The molecule has 0 bridgehead atoms. The van der Waals surface area contributed by atoms with E-state index in [1.165, 1.54) is 10.6 Å². The zero-order chi connectivity index (χ0) is 14.2. The van der Waals surface area contributed by atoms with Crippen LogP contribution in [0.15, 0.2) is 29.3 Å². The van der Waals surface area contributed by atoms with Gasteiger partial charge in [0.15, 0.2) is 0 Å². The highest BCUT2D eigenvalue weighted by atomic mass is 16.4. The number of carbonyl (C=O) groups is 1. The fourth-order valence-electron chi connectivity index (χ4n) is 2.20. The van der Waals surface area contributed by atoms with Crippen molar-refractivity contribution in [2.45, 2.75) is 20.8 Å². The van der Waals surface area contributed by atoms with Crippen LogP contribution in [-0.2, 0) is 0 Å². The van der Waals surface area contributed by atoms with E-state index in [0.717, 1.165) is 5.56 Å². The number of aryl methyl sites for hydroxylation is 2. The van der Waals surface area contributed by atoms with Gasteiger partial charge in [-0.1, -0.05) is 0 Å². The van der Waals surface area contributed by atoms with Crippen molar-refractivity contribution >= 4 is 5.97 Å². The lowest BCUT2D eigenvalue weighted by atomic mass is 10.1. The molecule has 2 rings (SSSR count). The van der Waals surface area contributed by atoms with Gasteiger partial charge in [0, 0.05) is 18.0 Å². The first-order chi connectivity index (χ1) is 8.93. The molecule has 0 aliphatic carbocycles. The van der Waals surface area contributed by atoms with Crippen molar-refractivity contribution in [3.05, 3.63) is 57.3 Å². The number of aromatic nitrogens is 2. The van der Waals surface area contributed by atoms with Crippen molar-refractivity contribution in [1.29, 1.82) is 0 Å². The molecule has 2 aromatic rings. The van der Waals surface area contributed by atoms with Crippen LogP contribution in [0.3, 0.4) is 0 Å². The van der Waals surface area contributed by atoms with Crippen molar-refractivity contribution in [2.24, 2.45) is 0 Å². The number of hydrogen-bond acceptors (Lipinski definition) is 3. The summed E-state index contributed by atoms with van der Waals surface area (Å²) in [5, 5.41) is 9.25. The normalized spacial score (nSPS) is 10.5. The van der Waals surface area contributed by atoms with E-state index in [1.807, 2.05) is 6.92 Å². The highest BCUT2D eigenvalue weighted by molar-refractivity contribution is 5.90. The third-order valence-electron chi connectivity index (χ3n) is 3.12. The number of pyridine rings is 2. The number of nitrogens with zero attached hydrogens (tertiary/aromatic N) is 2. The fourth-order valence-corrected chi connectivity index (χ4v) is 2.20. The molecular weight excluding hydrogens is 244 g/mol. The molecular formula is C14H14N2O3. The van der Waals surface area contributed by atoms with Gasteiger partial charge in [-0.25, -0.2) is 4.79 Å². The predicted molar refractivity (Wildman–Crippen MR) is 71.0 cm³/mol. The monoisotopic (exact) mass is 258 g/mol. The van der Waals surface area contributed by atoms with E-state index in [-0.39, 0.29) is 11.1 Å². The summed E-state index contributed by atoms with van der Waals surface area (Å²) in [4.78, 5) is 27.4. The van der Waals surface area contributed by atoms with Gasteiger partial charge in [0.2, 0.25) is 0 Å². The summed E-state index contributed by atoms with van der Waals surface area (Å²) in [7, 11) is 0. The zero-order valence-electron chi connectivity index (χ0n) is 11.0. The van der Waals surface area contributed by atoms with E-state index in [4.69, 9.17) is 0 Å². The molecule has 0 fully saturated rings. The van der Waals surface area contributed by atoms with Crippen molar-refractivity contribution < 1.29 is 9.90 Å². The summed E-state index contributed by atoms with van der Waals surface area (Å²) in [6.07, 6.45) is 3.19. The van der Waals surface area contributed by atoms with Gasteiger partial charge in [-0.2, -0.15) is 0 Å². The van der Waals surface area contributed by atoms with E-state index in [9.17, 15) is 14.7 Å². The summed E-state index contributed by atoms with van der Waals surface area (Å²) >= 11 is 0. The second kappa shape index (κ2) is 4.68. The lowest BCUT2D eigenvalue weighted by Crippen LogP contribution is -2.24.